The first kappa shape index (κ1) is 19.2. The van der Waals surface area contributed by atoms with Gasteiger partial charge in [-0.05, 0) is 29.8 Å². The molecule has 1 unspecified atom stereocenters. The van der Waals surface area contributed by atoms with Crippen molar-refractivity contribution in [2.75, 3.05) is 18.9 Å². The van der Waals surface area contributed by atoms with Gasteiger partial charge in [0.2, 0.25) is 0 Å². The highest BCUT2D eigenvalue weighted by molar-refractivity contribution is 5.89. The molecule has 0 aliphatic rings. The predicted octanol–water partition coefficient (Wildman–Crippen LogP) is 2.22. The summed E-state index contributed by atoms with van der Waals surface area (Å²) in [5.41, 5.74) is 0.406. The second-order valence-electron chi connectivity index (χ2n) is 6.03. The van der Waals surface area contributed by atoms with E-state index in [-0.39, 0.29) is 24.6 Å². The number of nitrogens with zero attached hydrogens (tertiary/aromatic N) is 2. The number of hydrogen-bond acceptors (Lipinski definition) is 3. The van der Waals surface area contributed by atoms with Crippen LogP contribution in [0.3, 0.4) is 0 Å². The maximum atomic E-state index is 13.0. The van der Waals surface area contributed by atoms with E-state index in [1.165, 1.54) is 41.6 Å². The van der Waals surface area contributed by atoms with Gasteiger partial charge in [0.15, 0.2) is 0 Å². The lowest BCUT2D eigenvalue weighted by atomic mass is 10.2. The van der Waals surface area contributed by atoms with Gasteiger partial charge in [-0.25, -0.2) is 9.18 Å². The molecule has 26 heavy (non-hydrogen) atoms. The highest BCUT2D eigenvalue weighted by Gasteiger charge is 2.18. The predicted molar refractivity (Wildman–Crippen MR) is 94.7 cm³/mol. The molecule has 0 bridgehead atoms. The van der Waals surface area contributed by atoms with Crippen LogP contribution in [0.1, 0.15) is 12.5 Å². The van der Waals surface area contributed by atoms with Gasteiger partial charge in [-0.2, -0.15) is 0 Å². The molecule has 0 radical (unpaired) electrons. The lowest BCUT2D eigenvalue weighted by Gasteiger charge is -2.20. The minimum absolute atomic E-state index is 0.0117. The summed E-state index contributed by atoms with van der Waals surface area (Å²) >= 11 is 0. The fourth-order valence-electron chi connectivity index (χ4n) is 2.33. The molecule has 0 spiro atoms. The molecule has 0 saturated heterocycles. The monoisotopic (exact) mass is 361 g/mol. The Labute approximate surface area is 149 Å². The second-order valence-corrected chi connectivity index (χ2v) is 6.03. The largest absolute Gasteiger partial charge is 0.481 e. The molecule has 8 heteroatoms. The van der Waals surface area contributed by atoms with Gasteiger partial charge in [0, 0.05) is 19.8 Å². The fourth-order valence-corrected chi connectivity index (χ4v) is 2.33. The zero-order chi connectivity index (χ0) is 19.3. The van der Waals surface area contributed by atoms with Crippen LogP contribution in [0.2, 0.25) is 0 Å². The summed E-state index contributed by atoms with van der Waals surface area (Å²) in [6.45, 7) is 1.73. The number of amides is 2. The van der Waals surface area contributed by atoms with Gasteiger partial charge in [-0.1, -0.05) is 19.1 Å². The Morgan fingerprint density at radius 2 is 1.92 bits per heavy atom. The van der Waals surface area contributed by atoms with E-state index in [2.05, 4.69) is 5.32 Å². The number of benzene rings is 1. The Morgan fingerprint density at radius 3 is 2.54 bits per heavy atom. The van der Waals surface area contributed by atoms with Crippen LogP contribution >= 0.6 is 0 Å². The van der Waals surface area contributed by atoms with Gasteiger partial charge in [-0.3, -0.25) is 9.59 Å². The molecule has 2 N–H and O–H groups in total. The van der Waals surface area contributed by atoms with Crippen molar-refractivity contribution >= 4 is 17.7 Å². The average molecular weight is 361 g/mol. The molecular weight excluding hydrogens is 341 g/mol. The van der Waals surface area contributed by atoms with E-state index in [0.29, 0.717) is 0 Å². The van der Waals surface area contributed by atoms with E-state index in [4.69, 9.17) is 5.11 Å². The topological polar surface area (TPSA) is 91.6 Å². The molecule has 1 heterocycles. The molecule has 0 aliphatic carbocycles. The highest BCUT2D eigenvalue weighted by Crippen LogP contribution is 2.07. The quantitative estimate of drug-likeness (QED) is 0.825. The molecule has 1 atom stereocenters. The minimum Gasteiger partial charge on any atom is -0.481 e. The summed E-state index contributed by atoms with van der Waals surface area (Å²) in [5, 5.41) is 11.4. The normalized spacial score (nSPS) is 11.7. The standard InChI is InChI=1S/C18H20FN3O4/c1-12(17(24)25)10-21(2)18(26)20-15-4-3-9-22(16(15)23)11-13-5-7-14(19)8-6-13/h3-9,12H,10-11H2,1-2H3,(H,20,26)(H,24,25). The van der Waals surface area contributed by atoms with Crippen LogP contribution in [0.5, 0.6) is 0 Å². The molecule has 0 fully saturated rings. The van der Waals surface area contributed by atoms with Crippen molar-refractivity contribution in [2.24, 2.45) is 5.92 Å². The number of aliphatic carboxylic acids is 1. The lowest BCUT2D eigenvalue weighted by molar-refractivity contribution is -0.141. The van der Waals surface area contributed by atoms with Crippen molar-refractivity contribution < 1.29 is 19.1 Å². The van der Waals surface area contributed by atoms with E-state index in [1.54, 1.807) is 24.4 Å². The van der Waals surface area contributed by atoms with Crippen LogP contribution in [0, 0.1) is 11.7 Å². The van der Waals surface area contributed by atoms with Crippen LogP contribution < -0.4 is 10.9 Å². The number of pyridine rings is 1. The maximum absolute atomic E-state index is 13.0. The number of hydrogen-bond donors (Lipinski definition) is 2. The number of carboxylic acids is 1. The van der Waals surface area contributed by atoms with Crippen LogP contribution in [-0.2, 0) is 11.3 Å². The van der Waals surface area contributed by atoms with E-state index < -0.39 is 23.5 Å². The van der Waals surface area contributed by atoms with E-state index in [0.717, 1.165) is 5.56 Å². The molecule has 0 saturated carbocycles. The third kappa shape index (κ3) is 4.92. The van der Waals surface area contributed by atoms with Crippen molar-refractivity contribution in [3.8, 4) is 0 Å². The van der Waals surface area contributed by atoms with Crippen molar-refractivity contribution in [3.05, 3.63) is 64.3 Å². The van der Waals surface area contributed by atoms with E-state index in [1.807, 2.05) is 0 Å². The lowest BCUT2D eigenvalue weighted by Crippen LogP contribution is -2.38. The Balaban J connectivity index is 2.11. The first-order chi connectivity index (χ1) is 12.3. The molecule has 0 aliphatic heterocycles. The Bertz CT molecular complexity index is 848. The second kappa shape index (κ2) is 8.28. The summed E-state index contributed by atoms with van der Waals surface area (Å²) in [5.74, 6) is -2.09. The van der Waals surface area contributed by atoms with Crippen LogP contribution in [0.4, 0.5) is 14.9 Å². The van der Waals surface area contributed by atoms with Crippen LogP contribution in [0.25, 0.3) is 0 Å². The number of nitrogens with one attached hydrogen (secondary N) is 1. The fraction of sp³-hybridized carbons (Fsp3) is 0.278. The number of carbonyl (C=O) groups is 2. The summed E-state index contributed by atoms with van der Waals surface area (Å²) in [6, 6.07) is 8.28. The SMILES string of the molecule is CC(CN(C)C(=O)Nc1cccn(Cc2ccc(F)cc2)c1=O)C(=O)O. The first-order valence-electron chi connectivity index (χ1n) is 7.96. The smallest absolute Gasteiger partial charge is 0.321 e. The summed E-state index contributed by atoms with van der Waals surface area (Å²) < 4.78 is 14.4. The van der Waals surface area contributed by atoms with Crippen LogP contribution in [0.15, 0.2) is 47.4 Å². The zero-order valence-electron chi connectivity index (χ0n) is 14.5. The Hall–Kier alpha value is -3.16. The summed E-state index contributed by atoms with van der Waals surface area (Å²) in [6.07, 6.45) is 1.57. The summed E-state index contributed by atoms with van der Waals surface area (Å²) in [7, 11) is 1.45. The van der Waals surface area contributed by atoms with Gasteiger partial charge in [0.05, 0.1) is 12.5 Å². The Kier molecular flexibility index (Phi) is 6.11. The zero-order valence-corrected chi connectivity index (χ0v) is 14.5. The third-order valence-corrected chi connectivity index (χ3v) is 3.84. The number of carbonyl (C=O) groups excluding carboxylic acids is 1. The highest BCUT2D eigenvalue weighted by atomic mass is 19.1. The number of rotatable bonds is 6. The van der Waals surface area contributed by atoms with Gasteiger partial charge < -0.3 is 19.9 Å². The first-order valence-corrected chi connectivity index (χ1v) is 7.96. The van der Waals surface area contributed by atoms with Crippen LogP contribution in [-0.4, -0.2) is 40.2 Å². The van der Waals surface area contributed by atoms with Crippen molar-refractivity contribution in [1.29, 1.82) is 0 Å². The van der Waals surface area contributed by atoms with Gasteiger partial charge in [-0.15, -0.1) is 0 Å². The van der Waals surface area contributed by atoms with E-state index in [9.17, 15) is 18.8 Å². The molecule has 2 amide bonds. The van der Waals surface area contributed by atoms with Gasteiger partial charge in [0.1, 0.15) is 11.5 Å². The number of aromatic nitrogens is 1. The van der Waals surface area contributed by atoms with Crippen molar-refractivity contribution in [2.45, 2.75) is 13.5 Å². The molecule has 2 rings (SSSR count). The number of halogens is 1. The number of anilines is 1. The summed E-state index contributed by atoms with van der Waals surface area (Å²) in [4.78, 5) is 36.7. The number of carboxylic acid groups (broad SMARTS) is 1. The van der Waals surface area contributed by atoms with Gasteiger partial charge >= 0.3 is 12.0 Å². The molecule has 7 nitrogen and oxygen atoms in total. The molecule has 138 valence electrons. The minimum atomic E-state index is -1.01. The molecular formula is C18H20FN3O4. The average Bonchev–Trinajstić information content (AvgIpc) is 2.60. The molecule has 2 aromatic rings. The Morgan fingerprint density at radius 1 is 1.27 bits per heavy atom. The molecule has 1 aromatic heterocycles. The van der Waals surface area contributed by atoms with Crippen molar-refractivity contribution in [3.63, 3.8) is 0 Å². The van der Waals surface area contributed by atoms with Crippen molar-refractivity contribution in [1.82, 2.24) is 9.47 Å². The number of urea groups is 1. The maximum Gasteiger partial charge on any atom is 0.321 e. The van der Waals surface area contributed by atoms with E-state index >= 15 is 0 Å². The molecule has 1 aromatic carbocycles. The third-order valence-electron chi connectivity index (χ3n) is 3.84. The van der Waals surface area contributed by atoms with Gasteiger partial charge in [0.25, 0.3) is 5.56 Å².